The van der Waals surface area contributed by atoms with Gasteiger partial charge in [-0.1, -0.05) is 19.9 Å². The van der Waals surface area contributed by atoms with Crippen molar-refractivity contribution in [1.29, 1.82) is 0 Å². The Labute approximate surface area is 141 Å². The standard InChI is InChI=1S/C16H24N4O4/c1-11(2)9-19-6-7-24-12(10-19)8-18-14-5-3-4-13(16(17)21)15(14)20(22)23/h3-5,11-12,18H,6-10H2,1-2H3,(H2,17,21)/t12-/m1/s1. The second-order valence-electron chi connectivity index (χ2n) is 6.35. The first-order valence-corrected chi connectivity index (χ1v) is 8.03. The van der Waals surface area contributed by atoms with E-state index in [0.29, 0.717) is 19.1 Å². The van der Waals surface area contributed by atoms with Gasteiger partial charge in [0.15, 0.2) is 0 Å². The molecule has 1 saturated heterocycles. The molecule has 0 radical (unpaired) electrons. The highest BCUT2D eigenvalue weighted by Gasteiger charge is 2.25. The summed E-state index contributed by atoms with van der Waals surface area (Å²) in [6.45, 7) is 8.07. The third-order valence-corrected chi connectivity index (χ3v) is 3.85. The SMILES string of the molecule is CC(C)CN1CCO[C@H](CNc2cccc(C(N)=O)c2[N+](=O)[O-])C1. The van der Waals surface area contributed by atoms with E-state index in [4.69, 9.17) is 10.5 Å². The zero-order chi connectivity index (χ0) is 17.7. The van der Waals surface area contributed by atoms with Crippen LogP contribution in [0.15, 0.2) is 18.2 Å². The Balaban J connectivity index is 2.05. The van der Waals surface area contributed by atoms with E-state index >= 15 is 0 Å². The van der Waals surface area contributed by atoms with Crippen LogP contribution in [0.25, 0.3) is 0 Å². The Morgan fingerprint density at radius 3 is 2.92 bits per heavy atom. The summed E-state index contributed by atoms with van der Waals surface area (Å²) < 4.78 is 5.72. The summed E-state index contributed by atoms with van der Waals surface area (Å²) in [5.41, 5.74) is 5.11. The van der Waals surface area contributed by atoms with Crippen molar-refractivity contribution in [2.75, 3.05) is 38.1 Å². The highest BCUT2D eigenvalue weighted by atomic mass is 16.6. The van der Waals surface area contributed by atoms with Crippen LogP contribution in [-0.2, 0) is 4.74 Å². The number of morpholine rings is 1. The topological polar surface area (TPSA) is 111 Å². The van der Waals surface area contributed by atoms with Crippen LogP contribution >= 0.6 is 0 Å². The largest absolute Gasteiger partial charge is 0.377 e. The molecule has 24 heavy (non-hydrogen) atoms. The van der Waals surface area contributed by atoms with Gasteiger partial charge in [-0.05, 0) is 18.1 Å². The Bertz CT molecular complexity index is 606. The molecule has 1 aliphatic rings. The quantitative estimate of drug-likeness (QED) is 0.576. The fraction of sp³-hybridized carbons (Fsp3) is 0.562. The second-order valence-corrected chi connectivity index (χ2v) is 6.35. The van der Waals surface area contributed by atoms with E-state index < -0.39 is 10.8 Å². The Morgan fingerprint density at radius 1 is 1.54 bits per heavy atom. The van der Waals surface area contributed by atoms with Gasteiger partial charge in [0.1, 0.15) is 11.3 Å². The highest BCUT2D eigenvalue weighted by molar-refractivity contribution is 5.99. The van der Waals surface area contributed by atoms with Crippen molar-refractivity contribution in [2.45, 2.75) is 20.0 Å². The fourth-order valence-corrected chi connectivity index (χ4v) is 2.89. The lowest BCUT2D eigenvalue weighted by molar-refractivity contribution is -0.384. The van der Waals surface area contributed by atoms with Gasteiger partial charge in [0.05, 0.1) is 17.6 Å². The molecule has 0 aliphatic carbocycles. The van der Waals surface area contributed by atoms with Gasteiger partial charge < -0.3 is 15.8 Å². The average Bonchev–Trinajstić information content (AvgIpc) is 2.52. The molecule has 3 N–H and O–H groups in total. The summed E-state index contributed by atoms with van der Waals surface area (Å²) in [6, 6.07) is 4.49. The highest BCUT2D eigenvalue weighted by Crippen LogP contribution is 2.28. The van der Waals surface area contributed by atoms with Crippen molar-refractivity contribution in [3.05, 3.63) is 33.9 Å². The lowest BCUT2D eigenvalue weighted by atomic mass is 10.1. The molecule has 132 valence electrons. The van der Waals surface area contributed by atoms with Gasteiger partial charge in [0.25, 0.3) is 5.91 Å². The number of hydrogen-bond donors (Lipinski definition) is 2. The van der Waals surface area contributed by atoms with Crippen LogP contribution in [0, 0.1) is 16.0 Å². The predicted molar refractivity (Wildman–Crippen MR) is 91.1 cm³/mol. The van der Waals surface area contributed by atoms with Crippen molar-refractivity contribution >= 4 is 17.3 Å². The molecule has 1 aromatic rings. The fourth-order valence-electron chi connectivity index (χ4n) is 2.89. The van der Waals surface area contributed by atoms with E-state index in [2.05, 4.69) is 24.1 Å². The zero-order valence-electron chi connectivity index (χ0n) is 14.0. The van der Waals surface area contributed by atoms with Crippen LogP contribution in [0.4, 0.5) is 11.4 Å². The molecule has 0 spiro atoms. The third kappa shape index (κ3) is 4.65. The van der Waals surface area contributed by atoms with Gasteiger partial charge >= 0.3 is 5.69 Å². The molecular formula is C16H24N4O4. The number of carbonyl (C=O) groups excluding carboxylic acids is 1. The molecule has 1 fully saturated rings. The van der Waals surface area contributed by atoms with Crippen molar-refractivity contribution in [1.82, 2.24) is 4.90 Å². The van der Waals surface area contributed by atoms with Crippen LogP contribution in [0.5, 0.6) is 0 Å². The number of primary amides is 1. The Hall–Kier alpha value is -2.19. The van der Waals surface area contributed by atoms with E-state index in [1.807, 2.05) is 0 Å². The number of rotatable bonds is 7. The number of carbonyl (C=O) groups is 1. The normalized spacial score (nSPS) is 18.5. The Kier molecular flexibility index (Phi) is 6.10. The van der Waals surface area contributed by atoms with E-state index in [9.17, 15) is 14.9 Å². The van der Waals surface area contributed by atoms with Crippen molar-refractivity contribution < 1.29 is 14.5 Å². The van der Waals surface area contributed by atoms with E-state index in [-0.39, 0.29) is 23.0 Å². The molecule has 1 aliphatic heterocycles. The zero-order valence-corrected chi connectivity index (χ0v) is 14.0. The average molecular weight is 336 g/mol. The van der Waals surface area contributed by atoms with Gasteiger partial charge in [0, 0.05) is 26.2 Å². The van der Waals surface area contributed by atoms with Gasteiger partial charge in [-0.25, -0.2) is 0 Å². The smallest absolute Gasteiger partial charge is 0.305 e. The summed E-state index contributed by atoms with van der Waals surface area (Å²) in [5, 5.41) is 14.3. The monoisotopic (exact) mass is 336 g/mol. The second kappa shape index (κ2) is 8.07. The molecule has 1 amide bonds. The first-order chi connectivity index (χ1) is 11.4. The first kappa shape index (κ1) is 18.2. The van der Waals surface area contributed by atoms with Crippen LogP contribution in [0.3, 0.4) is 0 Å². The van der Waals surface area contributed by atoms with Gasteiger partial charge in [-0.3, -0.25) is 19.8 Å². The lowest BCUT2D eigenvalue weighted by Crippen LogP contribution is -2.46. The van der Waals surface area contributed by atoms with E-state index in [0.717, 1.165) is 19.6 Å². The minimum atomic E-state index is -0.817. The molecule has 1 atom stereocenters. The maximum atomic E-state index is 11.4. The van der Waals surface area contributed by atoms with Crippen LogP contribution in [0.1, 0.15) is 24.2 Å². The Morgan fingerprint density at radius 2 is 2.29 bits per heavy atom. The third-order valence-electron chi connectivity index (χ3n) is 3.85. The summed E-state index contributed by atoms with van der Waals surface area (Å²) >= 11 is 0. The number of ether oxygens (including phenoxy) is 1. The van der Waals surface area contributed by atoms with Crippen molar-refractivity contribution in [3.8, 4) is 0 Å². The van der Waals surface area contributed by atoms with E-state index in [1.54, 1.807) is 12.1 Å². The minimum Gasteiger partial charge on any atom is -0.377 e. The molecule has 0 aromatic heterocycles. The summed E-state index contributed by atoms with van der Waals surface area (Å²) in [5.74, 6) is -0.243. The summed E-state index contributed by atoms with van der Waals surface area (Å²) in [7, 11) is 0. The van der Waals surface area contributed by atoms with Gasteiger partial charge in [-0.2, -0.15) is 0 Å². The first-order valence-electron chi connectivity index (χ1n) is 8.03. The molecule has 8 nitrogen and oxygen atoms in total. The van der Waals surface area contributed by atoms with Gasteiger partial charge in [0.2, 0.25) is 0 Å². The number of nitrogens with two attached hydrogens (primary N) is 1. The molecular weight excluding hydrogens is 312 g/mol. The molecule has 0 unspecified atom stereocenters. The molecule has 0 saturated carbocycles. The number of amides is 1. The molecule has 8 heteroatoms. The van der Waals surface area contributed by atoms with Crippen molar-refractivity contribution in [2.24, 2.45) is 11.7 Å². The maximum absolute atomic E-state index is 11.4. The summed E-state index contributed by atoms with van der Waals surface area (Å²) in [4.78, 5) is 24.4. The number of anilines is 1. The number of benzene rings is 1. The molecule has 1 heterocycles. The number of nitro benzene ring substituents is 1. The molecule has 2 rings (SSSR count). The maximum Gasteiger partial charge on any atom is 0.305 e. The number of hydrogen-bond acceptors (Lipinski definition) is 6. The number of nitrogens with zero attached hydrogens (tertiary/aromatic N) is 2. The summed E-state index contributed by atoms with van der Waals surface area (Å²) in [6.07, 6.45) is -0.0608. The lowest BCUT2D eigenvalue weighted by Gasteiger charge is -2.34. The van der Waals surface area contributed by atoms with E-state index in [1.165, 1.54) is 6.07 Å². The van der Waals surface area contributed by atoms with Crippen LogP contribution < -0.4 is 11.1 Å². The van der Waals surface area contributed by atoms with Crippen LogP contribution in [-0.4, -0.2) is 54.6 Å². The molecule has 0 bridgehead atoms. The molecule has 1 aromatic carbocycles. The van der Waals surface area contributed by atoms with Gasteiger partial charge in [-0.15, -0.1) is 0 Å². The van der Waals surface area contributed by atoms with Crippen molar-refractivity contribution in [3.63, 3.8) is 0 Å². The number of nitro groups is 1. The number of para-hydroxylation sites is 1. The number of nitrogens with one attached hydrogen (secondary N) is 1. The minimum absolute atomic E-state index is 0.0608. The van der Waals surface area contributed by atoms with Crippen LogP contribution in [0.2, 0.25) is 0 Å². The predicted octanol–water partition coefficient (Wildman–Crippen LogP) is 1.46.